The molecule has 1 amide bonds. The summed E-state index contributed by atoms with van der Waals surface area (Å²) in [6.07, 6.45) is 4.26. The van der Waals surface area contributed by atoms with Crippen LogP contribution in [0.1, 0.15) is 59.2 Å². The molecule has 4 heteroatoms. The number of amides is 1. The molecule has 2 aliphatic rings. The van der Waals surface area contributed by atoms with Gasteiger partial charge in [0.05, 0.1) is 0 Å². The summed E-state index contributed by atoms with van der Waals surface area (Å²) < 4.78 is 5.62. The fourth-order valence-electron chi connectivity index (χ4n) is 5.09. The molecular weight excluding hydrogens is 362 g/mol. The van der Waals surface area contributed by atoms with Crippen molar-refractivity contribution in [2.45, 2.75) is 64.6 Å². The third kappa shape index (κ3) is 4.07. The number of ether oxygens (including phenoxy) is 1. The SMILES string of the molecule is Cc1cccc(C)c1C(=O)C1CC2CCCC(C1)N2C(=O)OCc1ccccc1. The lowest BCUT2D eigenvalue weighted by Crippen LogP contribution is -2.55. The maximum absolute atomic E-state index is 13.3. The van der Waals surface area contributed by atoms with Crippen LogP contribution in [0.5, 0.6) is 0 Å². The van der Waals surface area contributed by atoms with Gasteiger partial charge in [-0.25, -0.2) is 4.79 Å². The number of carbonyl (C=O) groups excluding carboxylic acids is 2. The number of ketones is 1. The van der Waals surface area contributed by atoms with Crippen molar-refractivity contribution in [3.8, 4) is 0 Å². The number of hydrogen-bond acceptors (Lipinski definition) is 3. The van der Waals surface area contributed by atoms with E-state index in [0.717, 1.165) is 54.4 Å². The molecule has 2 heterocycles. The third-order valence-electron chi connectivity index (χ3n) is 6.49. The molecule has 2 fully saturated rings. The molecule has 2 atom stereocenters. The predicted molar refractivity (Wildman–Crippen MR) is 113 cm³/mol. The van der Waals surface area contributed by atoms with Gasteiger partial charge in [-0.2, -0.15) is 0 Å². The first-order chi connectivity index (χ1) is 14.0. The number of nitrogens with zero attached hydrogens (tertiary/aromatic N) is 1. The molecule has 4 nitrogen and oxygen atoms in total. The van der Waals surface area contributed by atoms with Crippen LogP contribution < -0.4 is 0 Å². The van der Waals surface area contributed by atoms with Gasteiger partial charge in [0, 0.05) is 23.6 Å². The zero-order chi connectivity index (χ0) is 20.4. The molecule has 152 valence electrons. The Bertz CT molecular complexity index is 858. The maximum Gasteiger partial charge on any atom is 0.410 e. The van der Waals surface area contributed by atoms with Gasteiger partial charge in [-0.15, -0.1) is 0 Å². The Balaban J connectivity index is 1.46. The number of fused-ring (bicyclic) bond motifs is 2. The van der Waals surface area contributed by atoms with Gasteiger partial charge in [-0.3, -0.25) is 4.79 Å². The van der Waals surface area contributed by atoms with Crippen LogP contribution >= 0.6 is 0 Å². The van der Waals surface area contributed by atoms with Crippen molar-refractivity contribution in [3.63, 3.8) is 0 Å². The first-order valence-corrected chi connectivity index (χ1v) is 10.6. The van der Waals surface area contributed by atoms with Crippen LogP contribution in [0, 0.1) is 19.8 Å². The van der Waals surface area contributed by atoms with Gasteiger partial charge in [0.25, 0.3) is 0 Å². The van der Waals surface area contributed by atoms with Crippen molar-refractivity contribution in [1.29, 1.82) is 0 Å². The minimum absolute atomic E-state index is 0.0109. The van der Waals surface area contributed by atoms with Crippen LogP contribution in [0.3, 0.4) is 0 Å². The molecule has 0 radical (unpaired) electrons. The Kier molecular flexibility index (Phi) is 5.70. The summed E-state index contributed by atoms with van der Waals surface area (Å²) in [5.41, 5.74) is 3.96. The molecule has 0 saturated carbocycles. The summed E-state index contributed by atoms with van der Waals surface area (Å²) in [5, 5.41) is 0. The van der Waals surface area contributed by atoms with E-state index in [9.17, 15) is 9.59 Å². The van der Waals surface area contributed by atoms with Crippen molar-refractivity contribution in [2.24, 2.45) is 5.92 Å². The van der Waals surface area contributed by atoms with E-state index in [1.807, 2.05) is 67.3 Å². The summed E-state index contributed by atoms with van der Waals surface area (Å²) >= 11 is 0. The Morgan fingerprint density at radius 1 is 0.931 bits per heavy atom. The quantitative estimate of drug-likeness (QED) is 0.651. The normalized spacial score (nSPS) is 23.5. The van der Waals surface area contributed by atoms with Crippen LogP contribution in [0.4, 0.5) is 4.79 Å². The lowest BCUT2D eigenvalue weighted by Gasteiger charge is -2.47. The fourth-order valence-corrected chi connectivity index (χ4v) is 5.09. The lowest BCUT2D eigenvalue weighted by molar-refractivity contribution is 0.00469. The highest BCUT2D eigenvalue weighted by Crippen LogP contribution is 2.39. The van der Waals surface area contributed by atoms with Gasteiger partial charge < -0.3 is 9.64 Å². The molecule has 29 heavy (non-hydrogen) atoms. The van der Waals surface area contributed by atoms with Crippen LogP contribution in [0.25, 0.3) is 0 Å². The highest BCUT2D eigenvalue weighted by molar-refractivity contribution is 6.00. The largest absolute Gasteiger partial charge is 0.445 e. The second-order valence-corrected chi connectivity index (χ2v) is 8.49. The Labute approximate surface area is 172 Å². The van der Waals surface area contributed by atoms with Gasteiger partial charge in [-0.05, 0) is 62.6 Å². The monoisotopic (exact) mass is 391 g/mol. The van der Waals surface area contributed by atoms with Crippen LogP contribution in [-0.2, 0) is 11.3 Å². The second-order valence-electron chi connectivity index (χ2n) is 8.49. The summed E-state index contributed by atoms with van der Waals surface area (Å²) in [6.45, 7) is 4.31. The molecule has 2 aliphatic heterocycles. The molecule has 2 bridgehead atoms. The summed E-state index contributed by atoms with van der Waals surface area (Å²) in [4.78, 5) is 28.1. The van der Waals surface area contributed by atoms with Crippen molar-refractivity contribution in [3.05, 3.63) is 70.8 Å². The zero-order valence-corrected chi connectivity index (χ0v) is 17.3. The molecule has 4 rings (SSSR count). The number of aryl methyl sites for hydroxylation is 2. The number of piperidine rings is 2. The zero-order valence-electron chi connectivity index (χ0n) is 17.3. The van der Waals surface area contributed by atoms with E-state index in [0.29, 0.717) is 6.61 Å². The minimum atomic E-state index is -0.235. The van der Waals surface area contributed by atoms with Crippen molar-refractivity contribution < 1.29 is 14.3 Å². The molecule has 2 unspecified atom stereocenters. The van der Waals surface area contributed by atoms with Crippen molar-refractivity contribution in [2.75, 3.05) is 0 Å². The lowest BCUT2D eigenvalue weighted by atomic mass is 9.75. The first-order valence-electron chi connectivity index (χ1n) is 10.6. The average molecular weight is 392 g/mol. The number of rotatable bonds is 4. The number of hydrogen-bond donors (Lipinski definition) is 0. The van der Waals surface area contributed by atoms with Crippen molar-refractivity contribution in [1.82, 2.24) is 4.90 Å². The van der Waals surface area contributed by atoms with Gasteiger partial charge in [0.1, 0.15) is 6.61 Å². The van der Waals surface area contributed by atoms with Gasteiger partial charge >= 0.3 is 6.09 Å². The minimum Gasteiger partial charge on any atom is -0.445 e. The molecule has 2 saturated heterocycles. The molecule has 0 aliphatic carbocycles. The highest BCUT2D eigenvalue weighted by atomic mass is 16.6. The molecular formula is C25H29NO3. The number of benzene rings is 2. The summed E-state index contributed by atoms with van der Waals surface area (Å²) in [5.74, 6) is 0.234. The summed E-state index contributed by atoms with van der Waals surface area (Å²) in [7, 11) is 0. The molecule has 0 N–H and O–H groups in total. The highest BCUT2D eigenvalue weighted by Gasteiger charge is 2.44. The average Bonchev–Trinajstić information content (AvgIpc) is 2.71. The van der Waals surface area contributed by atoms with E-state index in [-0.39, 0.29) is 29.9 Å². The van der Waals surface area contributed by atoms with Gasteiger partial charge in [0.2, 0.25) is 0 Å². The Morgan fingerprint density at radius 2 is 1.55 bits per heavy atom. The van der Waals surface area contributed by atoms with E-state index < -0.39 is 0 Å². The standard InChI is InChI=1S/C25H29NO3/c1-17-8-6-9-18(2)23(17)24(27)20-14-21-12-7-13-22(15-20)26(21)25(28)29-16-19-10-4-3-5-11-19/h3-6,8-11,20-22H,7,12-16H2,1-2H3. The van der Waals surface area contributed by atoms with E-state index in [4.69, 9.17) is 4.74 Å². The first kappa shape index (κ1) is 19.7. The number of Topliss-reactive ketones (excluding diaryl/α,β-unsaturated/α-hetero) is 1. The second kappa shape index (κ2) is 8.40. The van der Waals surface area contributed by atoms with Gasteiger partial charge in [-0.1, -0.05) is 48.5 Å². The molecule has 2 aromatic carbocycles. The fraction of sp³-hybridized carbons (Fsp3) is 0.440. The van der Waals surface area contributed by atoms with Crippen LogP contribution in [-0.4, -0.2) is 28.9 Å². The van der Waals surface area contributed by atoms with Crippen LogP contribution in [0.15, 0.2) is 48.5 Å². The van der Waals surface area contributed by atoms with Gasteiger partial charge in [0.15, 0.2) is 5.78 Å². The predicted octanol–water partition coefficient (Wildman–Crippen LogP) is 5.46. The van der Waals surface area contributed by atoms with E-state index in [1.165, 1.54) is 0 Å². The number of carbonyl (C=O) groups is 2. The Morgan fingerprint density at radius 3 is 2.17 bits per heavy atom. The van der Waals surface area contributed by atoms with E-state index in [2.05, 4.69) is 0 Å². The Hall–Kier alpha value is -2.62. The summed E-state index contributed by atoms with van der Waals surface area (Å²) in [6, 6.07) is 16.0. The molecule has 0 spiro atoms. The third-order valence-corrected chi connectivity index (χ3v) is 6.49. The maximum atomic E-state index is 13.3. The van der Waals surface area contributed by atoms with Crippen molar-refractivity contribution >= 4 is 11.9 Å². The topological polar surface area (TPSA) is 46.6 Å². The van der Waals surface area contributed by atoms with Crippen LogP contribution in [0.2, 0.25) is 0 Å². The molecule has 0 aromatic heterocycles. The molecule has 2 aromatic rings. The van der Waals surface area contributed by atoms with E-state index in [1.54, 1.807) is 0 Å². The van der Waals surface area contributed by atoms with E-state index >= 15 is 0 Å². The smallest absolute Gasteiger partial charge is 0.410 e.